The molecular weight excluding hydrogens is 254 g/mol. The van der Waals surface area contributed by atoms with Gasteiger partial charge in [-0.05, 0) is 25.8 Å². The van der Waals surface area contributed by atoms with E-state index in [0.717, 1.165) is 18.4 Å². The van der Waals surface area contributed by atoms with Gasteiger partial charge in [-0.2, -0.15) is 0 Å². The van der Waals surface area contributed by atoms with Gasteiger partial charge in [0.25, 0.3) is 0 Å². The van der Waals surface area contributed by atoms with E-state index in [2.05, 4.69) is 0 Å². The second kappa shape index (κ2) is 6.86. The van der Waals surface area contributed by atoms with Gasteiger partial charge in [-0.3, -0.25) is 4.79 Å². The molecule has 2 unspecified atom stereocenters. The summed E-state index contributed by atoms with van der Waals surface area (Å²) in [5.41, 5.74) is 6.98. The normalized spacial score (nSPS) is 27.9. The standard InChI is InChI=1S/C16H23NO3/c1-11-8-14(9-12(2)19-11)20-16(18)15(17)10-13-6-4-3-5-7-13/h3-7,11-12,14-15H,8-10,17H2,1-2H3/t11?,12?,14?,15-/m1/s1. The maximum Gasteiger partial charge on any atom is 0.323 e. The fourth-order valence-electron chi connectivity index (χ4n) is 2.64. The first-order chi connectivity index (χ1) is 9.54. The minimum atomic E-state index is -0.606. The minimum Gasteiger partial charge on any atom is -0.461 e. The molecule has 1 aliphatic heterocycles. The van der Waals surface area contributed by atoms with E-state index in [1.165, 1.54) is 0 Å². The molecule has 2 N–H and O–H groups in total. The monoisotopic (exact) mass is 277 g/mol. The van der Waals surface area contributed by atoms with Crippen LogP contribution in [0.15, 0.2) is 30.3 Å². The molecule has 0 aliphatic carbocycles. The van der Waals surface area contributed by atoms with E-state index < -0.39 is 6.04 Å². The molecule has 0 radical (unpaired) electrons. The van der Waals surface area contributed by atoms with Crippen molar-refractivity contribution in [1.82, 2.24) is 0 Å². The van der Waals surface area contributed by atoms with Crippen LogP contribution in [0.4, 0.5) is 0 Å². The third kappa shape index (κ3) is 4.32. The van der Waals surface area contributed by atoms with Crippen LogP contribution in [0.25, 0.3) is 0 Å². The van der Waals surface area contributed by atoms with Crippen molar-refractivity contribution in [2.75, 3.05) is 0 Å². The molecule has 0 spiro atoms. The Balaban J connectivity index is 1.84. The Bertz CT molecular complexity index is 425. The number of esters is 1. The highest BCUT2D eigenvalue weighted by atomic mass is 16.6. The van der Waals surface area contributed by atoms with Crippen molar-refractivity contribution in [2.24, 2.45) is 5.73 Å². The van der Waals surface area contributed by atoms with Gasteiger partial charge in [-0.25, -0.2) is 0 Å². The van der Waals surface area contributed by atoms with Crippen molar-refractivity contribution in [3.05, 3.63) is 35.9 Å². The van der Waals surface area contributed by atoms with Gasteiger partial charge in [0.05, 0.1) is 12.2 Å². The first kappa shape index (κ1) is 15.0. The van der Waals surface area contributed by atoms with E-state index in [4.69, 9.17) is 15.2 Å². The molecule has 0 saturated carbocycles. The molecule has 0 amide bonds. The number of ether oxygens (including phenoxy) is 2. The van der Waals surface area contributed by atoms with Crippen LogP contribution in [0.5, 0.6) is 0 Å². The van der Waals surface area contributed by atoms with Crippen LogP contribution in [-0.2, 0) is 20.7 Å². The van der Waals surface area contributed by atoms with Gasteiger partial charge in [-0.1, -0.05) is 30.3 Å². The Kier molecular flexibility index (Phi) is 5.15. The molecule has 0 bridgehead atoms. The maximum atomic E-state index is 12.0. The lowest BCUT2D eigenvalue weighted by molar-refractivity contribution is -0.161. The van der Waals surface area contributed by atoms with Crippen molar-refractivity contribution in [1.29, 1.82) is 0 Å². The largest absolute Gasteiger partial charge is 0.461 e. The lowest BCUT2D eigenvalue weighted by Gasteiger charge is -2.32. The number of carbonyl (C=O) groups excluding carboxylic acids is 1. The maximum absolute atomic E-state index is 12.0. The number of benzene rings is 1. The average molecular weight is 277 g/mol. The van der Waals surface area contributed by atoms with Crippen LogP contribution >= 0.6 is 0 Å². The fourth-order valence-corrected chi connectivity index (χ4v) is 2.64. The topological polar surface area (TPSA) is 61.5 Å². The highest BCUT2D eigenvalue weighted by Crippen LogP contribution is 2.22. The molecule has 2 rings (SSSR count). The van der Waals surface area contributed by atoms with Crippen LogP contribution in [0.3, 0.4) is 0 Å². The molecule has 4 nitrogen and oxygen atoms in total. The summed E-state index contributed by atoms with van der Waals surface area (Å²) in [5, 5.41) is 0. The summed E-state index contributed by atoms with van der Waals surface area (Å²) in [4.78, 5) is 12.0. The minimum absolute atomic E-state index is 0.0805. The van der Waals surface area contributed by atoms with E-state index in [1.807, 2.05) is 44.2 Å². The summed E-state index contributed by atoms with van der Waals surface area (Å²) in [7, 11) is 0. The van der Waals surface area contributed by atoms with Gasteiger partial charge in [0.2, 0.25) is 0 Å². The third-order valence-corrected chi connectivity index (χ3v) is 3.54. The smallest absolute Gasteiger partial charge is 0.323 e. The molecule has 4 heteroatoms. The first-order valence-electron chi connectivity index (χ1n) is 7.20. The van der Waals surface area contributed by atoms with Crippen LogP contribution < -0.4 is 5.73 Å². The Hall–Kier alpha value is -1.39. The molecule has 1 heterocycles. The molecule has 0 aromatic heterocycles. The van der Waals surface area contributed by atoms with Crippen LogP contribution in [-0.4, -0.2) is 30.3 Å². The second-order valence-corrected chi connectivity index (χ2v) is 5.58. The van der Waals surface area contributed by atoms with Gasteiger partial charge in [-0.15, -0.1) is 0 Å². The lowest BCUT2D eigenvalue weighted by Crippen LogP contribution is -2.41. The van der Waals surface area contributed by atoms with E-state index >= 15 is 0 Å². The molecule has 1 fully saturated rings. The van der Waals surface area contributed by atoms with Crippen molar-refractivity contribution >= 4 is 5.97 Å². The Morgan fingerprint density at radius 1 is 1.30 bits per heavy atom. The Labute approximate surface area is 120 Å². The zero-order valence-corrected chi connectivity index (χ0v) is 12.1. The van der Waals surface area contributed by atoms with Gasteiger partial charge in [0.15, 0.2) is 0 Å². The lowest BCUT2D eigenvalue weighted by atomic mass is 10.0. The average Bonchev–Trinajstić information content (AvgIpc) is 2.38. The van der Waals surface area contributed by atoms with E-state index in [0.29, 0.717) is 6.42 Å². The highest BCUT2D eigenvalue weighted by molar-refractivity contribution is 5.76. The summed E-state index contributed by atoms with van der Waals surface area (Å²) in [5.74, 6) is -0.319. The quantitative estimate of drug-likeness (QED) is 0.856. The van der Waals surface area contributed by atoms with Crippen LogP contribution in [0.1, 0.15) is 32.3 Å². The van der Waals surface area contributed by atoms with Gasteiger partial charge in [0.1, 0.15) is 12.1 Å². The predicted molar refractivity (Wildman–Crippen MR) is 77.2 cm³/mol. The third-order valence-electron chi connectivity index (χ3n) is 3.54. The van der Waals surface area contributed by atoms with Crippen LogP contribution in [0.2, 0.25) is 0 Å². The van der Waals surface area contributed by atoms with Crippen molar-refractivity contribution in [3.8, 4) is 0 Å². The van der Waals surface area contributed by atoms with Crippen molar-refractivity contribution < 1.29 is 14.3 Å². The van der Waals surface area contributed by atoms with Crippen molar-refractivity contribution in [2.45, 2.75) is 57.5 Å². The summed E-state index contributed by atoms with van der Waals surface area (Å²) >= 11 is 0. The summed E-state index contributed by atoms with van der Waals surface area (Å²) in [6.45, 7) is 4.00. The number of nitrogens with two attached hydrogens (primary N) is 1. The molecule has 20 heavy (non-hydrogen) atoms. The summed E-state index contributed by atoms with van der Waals surface area (Å²) < 4.78 is 11.2. The number of carbonyl (C=O) groups is 1. The highest BCUT2D eigenvalue weighted by Gasteiger charge is 2.28. The molecule has 110 valence electrons. The van der Waals surface area contributed by atoms with Gasteiger partial charge < -0.3 is 15.2 Å². The second-order valence-electron chi connectivity index (χ2n) is 5.58. The molecular formula is C16H23NO3. The van der Waals surface area contributed by atoms with Gasteiger partial charge >= 0.3 is 5.97 Å². The molecule has 3 atom stereocenters. The SMILES string of the molecule is CC1CC(OC(=O)[C@H](N)Cc2ccccc2)CC(C)O1. The Morgan fingerprint density at radius 2 is 1.90 bits per heavy atom. The zero-order valence-electron chi connectivity index (χ0n) is 12.1. The first-order valence-corrected chi connectivity index (χ1v) is 7.20. The Morgan fingerprint density at radius 3 is 2.50 bits per heavy atom. The number of rotatable bonds is 4. The van der Waals surface area contributed by atoms with Crippen molar-refractivity contribution in [3.63, 3.8) is 0 Å². The predicted octanol–water partition coefficient (Wildman–Crippen LogP) is 2.06. The van der Waals surface area contributed by atoms with Crippen LogP contribution in [0, 0.1) is 0 Å². The number of hydrogen-bond donors (Lipinski definition) is 1. The molecule has 1 saturated heterocycles. The number of hydrogen-bond acceptors (Lipinski definition) is 4. The fraction of sp³-hybridized carbons (Fsp3) is 0.562. The van der Waals surface area contributed by atoms with Gasteiger partial charge in [0, 0.05) is 12.8 Å². The van der Waals surface area contributed by atoms with E-state index in [1.54, 1.807) is 0 Å². The molecule has 1 aliphatic rings. The zero-order chi connectivity index (χ0) is 14.5. The van der Waals surface area contributed by atoms with E-state index in [9.17, 15) is 4.79 Å². The summed E-state index contributed by atoms with van der Waals surface area (Å²) in [6, 6.07) is 9.14. The molecule has 1 aromatic rings. The van der Waals surface area contributed by atoms with E-state index in [-0.39, 0.29) is 24.3 Å². The molecule has 1 aromatic carbocycles. The summed E-state index contributed by atoms with van der Waals surface area (Å²) in [6.07, 6.45) is 2.17.